The van der Waals surface area contributed by atoms with Gasteiger partial charge >= 0.3 is 12.1 Å². The Bertz CT molecular complexity index is 914. The molecule has 1 aliphatic rings. The van der Waals surface area contributed by atoms with Crippen molar-refractivity contribution in [1.29, 1.82) is 0 Å². The molecule has 0 fully saturated rings. The number of fused-ring (bicyclic) bond motifs is 1. The molecule has 1 aromatic carbocycles. The molecule has 0 bridgehead atoms. The summed E-state index contributed by atoms with van der Waals surface area (Å²) in [6.45, 7) is 3.96. The molecular weight excluding hydrogens is 412 g/mol. The maximum atomic E-state index is 14.6. The van der Waals surface area contributed by atoms with Crippen LogP contribution in [0.4, 0.5) is 17.6 Å². The van der Waals surface area contributed by atoms with Crippen molar-refractivity contribution in [3.8, 4) is 17.1 Å². The first kappa shape index (κ1) is 23.1. The number of carbonyl (C=O) groups is 2. The standard InChI is InChI=1S/C16H14F4N4O4.C2H6/c1-21-12(25)6-13(26)24-2-3-27-11-5-8(4-10(17)9(11)7-24)14-22-15(28-23-14)16(18,19)20;1-2/h4-5H,2-3,6-7H2,1H3,(H,21,25);1-2H3. The van der Waals surface area contributed by atoms with E-state index in [1.165, 1.54) is 18.0 Å². The molecule has 0 radical (unpaired) electrons. The Labute approximate surface area is 169 Å². The summed E-state index contributed by atoms with van der Waals surface area (Å²) in [5, 5.41) is 5.54. The molecule has 0 aliphatic carbocycles. The summed E-state index contributed by atoms with van der Waals surface area (Å²) in [6, 6.07) is 2.20. The van der Waals surface area contributed by atoms with Gasteiger partial charge in [-0.2, -0.15) is 18.2 Å². The molecule has 2 aromatic rings. The zero-order chi connectivity index (χ0) is 22.5. The van der Waals surface area contributed by atoms with Gasteiger partial charge < -0.3 is 19.5 Å². The van der Waals surface area contributed by atoms with Crippen molar-refractivity contribution in [2.75, 3.05) is 20.2 Å². The predicted molar refractivity (Wildman–Crippen MR) is 95.6 cm³/mol. The first-order valence-corrected chi connectivity index (χ1v) is 9.04. The summed E-state index contributed by atoms with van der Waals surface area (Å²) in [6.07, 6.45) is -5.22. The summed E-state index contributed by atoms with van der Waals surface area (Å²) in [5.41, 5.74) is -0.0355. The Kier molecular flexibility index (Phi) is 7.35. The molecule has 0 saturated carbocycles. The molecule has 0 unspecified atom stereocenters. The number of hydrogen-bond acceptors (Lipinski definition) is 6. The van der Waals surface area contributed by atoms with Gasteiger partial charge in [0.2, 0.25) is 17.6 Å². The number of amides is 2. The lowest BCUT2D eigenvalue weighted by atomic mass is 10.1. The summed E-state index contributed by atoms with van der Waals surface area (Å²) in [7, 11) is 1.39. The minimum atomic E-state index is -4.82. The Balaban J connectivity index is 0.00000155. The van der Waals surface area contributed by atoms with Gasteiger partial charge in [0, 0.05) is 18.2 Å². The number of aromatic nitrogens is 2. The van der Waals surface area contributed by atoms with Crippen LogP contribution in [0, 0.1) is 5.82 Å². The molecule has 0 atom stereocenters. The highest BCUT2D eigenvalue weighted by Crippen LogP contribution is 2.33. The van der Waals surface area contributed by atoms with Gasteiger partial charge in [-0.25, -0.2) is 4.39 Å². The van der Waals surface area contributed by atoms with Crippen LogP contribution in [0.3, 0.4) is 0 Å². The molecule has 0 spiro atoms. The predicted octanol–water partition coefficient (Wildman–Crippen LogP) is 2.78. The topological polar surface area (TPSA) is 97.6 Å². The second-order valence-corrected chi connectivity index (χ2v) is 5.87. The quantitative estimate of drug-likeness (QED) is 0.592. The fraction of sp³-hybridized carbons (Fsp3) is 0.444. The van der Waals surface area contributed by atoms with Crippen LogP contribution in [0.5, 0.6) is 5.75 Å². The smallest absolute Gasteiger partial charge is 0.471 e. The molecular formula is C18H20F4N4O4. The van der Waals surface area contributed by atoms with Crippen LogP contribution in [0.25, 0.3) is 11.4 Å². The van der Waals surface area contributed by atoms with Crippen molar-refractivity contribution in [2.45, 2.75) is 33.0 Å². The molecule has 1 aromatic heterocycles. The normalized spacial score (nSPS) is 13.4. The third-order valence-electron chi connectivity index (χ3n) is 3.99. The summed E-state index contributed by atoms with van der Waals surface area (Å²) in [5.74, 6) is -3.76. The maximum absolute atomic E-state index is 14.6. The van der Waals surface area contributed by atoms with Gasteiger partial charge in [0.05, 0.1) is 13.1 Å². The number of carbonyl (C=O) groups excluding carboxylic acids is 2. The van der Waals surface area contributed by atoms with E-state index in [0.29, 0.717) is 0 Å². The van der Waals surface area contributed by atoms with Crippen molar-refractivity contribution in [2.24, 2.45) is 0 Å². The third kappa shape index (κ3) is 5.24. The summed E-state index contributed by atoms with van der Waals surface area (Å²) >= 11 is 0. The van der Waals surface area contributed by atoms with Gasteiger partial charge in [-0.3, -0.25) is 9.59 Å². The molecule has 3 rings (SSSR count). The zero-order valence-electron chi connectivity index (χ0n) is 16.5. The van der Waals surface area contributed by atoms with Crippen molar-refractivity contribution < 1.29 is 36.4 Å². The Morgan fingerprint density at radius 3 is 2.57 bits per heavy atom. The largest absolute Gasteiger partial charge is 0.491 e. The van der Waals surface area contributed by atoms with Gasteiger partial charge in [-0.1, -0.05) is 19.0 Å². The molecule has 8 nitrogen and oxygen atoms in total. The van der Waals surface area contributed by atoms with Gasteiger partial charge in [0.1, 0.15) is 24.6 Å². The number of ether oxygens (including phenoxy) is 1. The first-order valence-electron chi connectivity index (χ1n) is 9.04. The van der Waals surface area contributed by atoms with Crippen LogP contribution >= 0.6 is 0 Å². The second-order valence-electron chi connectivity index (χ2n) is 5.87. The highest BCUT2D eigenvalue weighted by molar-refractivity contribution is 5.96. The lowest BCUT2D eigenvalue weighted by Crippen LogP contribution is -2.36. The second kappa shape index (κ2) is 9.55. The van der Waals surface area contributed by atoms with E-state index in [2.05, 4.69) is 20.0 Å². The number of nitrogens with zero attached hydrogens (tertiary/aromatic N) is 3. The zero-order valence-corrected chi connectivity index (χ0v) is 16.5. The van der Waals surface area contributed by atoms with Crippen molar-refractivity contribution in [3.05, 3.63) is 29.4 Å². The summed E-state index contributed by atoms with van der Waals surface area (Å²) in [4.78, 5) is 28.0. The number of rotatable bonds is 3. The molecule has 0 saturated heterocycles. The van der Waals surface area contributed by atoms with Crippen molar-refractivity contribution >= 4 is 11.8 Å². The van der Waals surface area contributed by atoms with Crippen molar-refractivity contribution in [3.63, 3.8) is 0 Å². The highest BCUT2D eigenvalue weighted by Gasteiger charge is 2.38. The molecule has 164 valence electrons. The number of nitrogens with one attached hydrogen (secondary N) is 1. The number of halogens is 4. The van der Waals surface area contributed by atoms with E-state index in [-0.39, 0.29) is 36.6 Å². The molecule has 1 aliphatic heterocycles. The minimum Gasteiger partial charge on any atom is -0.491 e. The lowest BCUT2D eigenvalue weighted by molar-refractivity contribution is -0.159. The Morgan fingerprint density at radius 1 is 1.27 bits per heavy atom. The van der Waals surface area contributed by atoms with E-state index >= 15 is 0 Å². The van der Waals surface area contributed by atoms with E-state index in [4.69, 9.17) is 4.74 Å². The van der Waals surface area contributed by atoms with Gasteiger partial charge in [-0.05, 0) is 12.1 Å². The van der Waals surface area contributed by atoms with Crippen LogP contribution in [0.1, 0.15) is 31.7 Å². The average molecular weight is 432 g/mol. The molecule has 1 N–H and O–H groups in total. The van der Waals surface area contributed by atoms with Crippen LogP contribution in [-0.4, -0.2) is 47.1 Å². The molecule has 2 amide bonds. The van der Waals surface area contributed by atoms with E-state index < -0.39 is 41.9 Å². The van der Waals surface area contributed by atoms with Crippen LogP contribution < -0.4 is 10.1 Å². The first-order chi connectivity index (χ1) is 14.2. The Hall–Kier alpha value is -3.18. The average Bonchev–Trinajstić information content (AvgIpc) is 3.11. The molecule has 30 heavy (non-hydrogen) atoms. The maximum Gasteiger partial charge on any atom is 0.471 e. The fourth-order valence-corrected chi connectivity index (χ4v) is 2.56. The fourth-order valence-electron chi connectivity index (χ4n) is 2.56. The minimum absolute atomic E-state index is 0.00935. The van der Waals surface area contributed by atoms with Gasteiger partial charge in [0.25, 0.3) is 0 Å². The summed E-state index contributed by atoms with van der Waals surface area (Å²) < 4.78 is 62.0. The Morgan fingerprint density at radius 2 is 1.97 bits per heavy atom. The highest BCUT2D eigenvalue weighted by atomic mass is 19.4. The molecule has 2 heterocycles. The van der Waals surface area contributed by atoms with Crippen LogP contribution in [0.2, 0.25) is 0 Å². The van der Waals surface area contributed by atoms with Crippen LogP contribution in [0.15, 0.2) is 16.7 Å². The third-order valence-corrected chi connectivity index (χ3v) is 3.99. The van der Waals surface area contributed by atoms with E-state index in [0.717, 1.165) is 6.07 Å². The number of hydrogen-bond donors (Lipinski definition) is 1. The number of benzene rings is 1. The van der Waals surface area contributed by atoms with E-state index in [9.17, 15) is 27.2 Å². The SMILES string of the molecule is CC.CNC(=O)CC(=O)N1CCOc2cc(-c3noc(C(F)(F)F)n3)cc(F)c2C1. The van der Waals surface area contributed by atoms with E-state index in [1.807, 2.05) is 13.8 Å². The van der Waals surface area contributed by atoms with Crippen LogP contribution in [-0.2, 0) is 22.3 Å². The monoisotopic (exact) mass is 432 g/mol. The van der Waals surface area contributed by atoms with E-state index in [1.54, 1.807) is 0 Å². The molecule has 12 heteroatoms. The van der Waals surface area contributed by atoms with Gasteiger partial charge in [0.15, 0.2) is 0 Å². The number of alkyl halides is 3. The van der Waals surface area contributed by atoms with Gasteiger partial charge in [-0.15, -0.1) is 0 Å². The lowest BCUT2D eigenvalue weighted by Gasteiger charge is -2.19. The van der Waals surface area contributed by atoms with Crippen molar-refractivity contribution in [1.82, 2.24) is 20.4 Å².